The first kappa shape index (κ1) is 28.9. The number of aromatic nitrogens is 2. The number of likely N-dealkylation sites (N-methyl/N-ethyl adjacent to an activating group) is 1. The standard InChI is InChI=1S/C29H31F3N6O2/c1-3-37-10-12-38(13-11-37)18-23-7-6-22(14-25(23)29(30,31)32)28(40)35-24-8-4-20(2)26(15-24)36-27(39)9-5-21-16-33-19-34-17-21/h4-9,14-17,19H,3,10-13,18H2,1-2H3,(H,35,40)(H,36,39). The van der Waals surface area contributed by atoms with E-state index in [1.54, 1.807) is 43.6 Å². The number of carbonyl (C=O) groups excluding carboxylic acids is 2. The number of halogens is 3. The Morgan fingerprint density at radius 1 is 0.975 bits per heavy atom. The first-order valence-corrected chi connectivity index (χ1v) is 12.9. The third-order valence-electron chi connectivity index (χ3n) is 6.74. The lowest BCUT2D eigenvalue weighted by Crippen LogP contribution is -2.45. The molecule has 2 heterocycles. The number of carbonyl (C=O) groups is 2. The average molecular weight is 553 g/mol. The zero-order valence-electron chi connectivity index (χ0n) is 22.3. The molecule has 2 amide bonds. The Labute approximate surface area is 230 Å². The summed E-state index contributed by atoms with van der Waals surface area (Å²) in [5, 5.41) is 5.38. The van der Waals surface area contributed by atoms with E-state index >= 15 is 0 Å². The average Bonchev–Trinajstić information content (AvgIpc) is 2.94. The van der Waals surface area contributed by atoms with Crippen LogP contribution in [0.1, 0.15) is 39.5 Å². The molecule has 2 aromatic carbocycles. The Kier molecular flexibility index (Phi) is 9.28. The van der Waals surface area contributed by atoms with Crippen LogP contribution in [0.2, 0.25) is 0 Å². The maximum atomic E-state index is 14.0. The highest BCUT2D eigenvalue weighted by atomic mass is 19.4. The Morgan fingerprint density at radius 2 is 1.68 bits per heavy atom. The summed E-state index contributed by atoms with van der Waals surface area (Å²) in [7, 11) is 0. The second-order valence-electron chi connectivity index (χ2n) is 9.56. The molecule has 4 rings (SSSR count). The van der Waals surface area contributed by atoms with E-state index in [1.165, 1.54) is 24.5 Å². The molecule has 0 atom stereocenters. The molecule has 1 saturated heterocycles. The molecular formula is C29H31F3N6O2. The van der Waals surface area contributed by atoms with Gasteiger partial charge in [0.05, 0.1) is 5.56 Å². The van der Waals surface area contributed by atoms with E-state index in [-0.39, 0.29) is 17.7 Å². The van der Waals surface area contributed by atoms with Crippen LogP contribution in [0.15, 0.2) is 61.2 Å². The van der Waals surface area contributed by atoms with Crippen LogP contribution in [0.3, 0.4) is 0 Å². The van der Waals surface area contributed by atoms with Gasteiger partial charge in [-0.05, 0) is 54.9 Å². The molecule has 11 heteroatoms. The Morgan fingerprint density at radius 3 is 2.35 bits per heavy atom. The molecule has 0 saturated carbocycles. The summed E-state index contributed by atoms with van der Waals surface area (Å²) in [6.07, 6.45) is 2.79. The molecular weight excluding hydrogens is 521 g/mol. The predicted octanol–water partition coefficient (Wildman–Crippen LogP) is 4.85. The van der Waals surface area contributed by atoms with Crippen LogP contribution in [-0.4, -0.2) is 64.3 Å². The highest BCUT2D eigenvalue weighted by Gasteiger charge is 2.34. The normalized spacial score (nSPS) is 14.8. The van der Waals surface area contributed by atoms with Gasteiger partial charge in [0.1, 0.15) is 6.33 Å². The van der Waals surface area contributed by atoms with Crippen molar-refractivity contribution in [2.45, 2.75) is 26.6 Å². The molecule has 0 aliphatic carbocycles. The summed E-state index contributed by atoms with van der Waals surface area (Å²) >= 11 is 0. The molecule has 2 N–H and O–H groups in total. The number of amides is 2. The van der Waals surface area contributed by atoms with Gasteiger partial charge in [0.2, 0.25) is 5.91 Å². The van der Waals surface area contributed by atoms with Crippen LogP contribution in [-0.2, 0) is 17.5 Å². The molecule has 3 aromatic rings. The third-order valence-corrected chi connectivity index (χ3v) is 6.74. The molecule has 1 aliphatic rings. The highest BCUT2D eigenvalue weighted by molar-refractivity contribution is 6.06. The number of anilines is 2. The fourth-order valence-electron chi connectivity index (χ4n) is 4.40. The van der Waals surface area contributed by atoms with E-state index in [0.717, 1.165) is 31.3 Å². The number of hydrogen-bond donors (Lipinski definition) is 2. The van der Waals surface area contributed by atoms with Crippen molar-refractivity contribution in [3.8, 4) is 0 Å². The van der Waals surface area contributed by atoms with E-state index < -0.39 is 23.6 Å². The second-order valence-corrected chi connectivity index (χ2v) is 9.56. The van der Waals surface area contributed by atoms with Crippen molar-refractivity contribution in [1.29, 1.82) is 0 Å². The Bertz CT molecular complexity index is 1370. The van der Waals surface area contributed by atoms with Crippen LogP contribution in [0.4, 0.5) is 24.5 Å². The van der Waals surface area contributed by atoms with Crippen LogP contribution < -0.4 is 10.6 Å². The van der Waals surface area contributed by atoms with Gasteiger partial charge in [-0.1, -0.05) is 19.1 Å². The molecule has 0 radical (unpaired) electrons. The first-order valence-electron chi connectivity index (χ1n) is 12.9. The minimum Gasteiger partial charge on any atom is -0.322 e. The maximum absolute atomic E-state index is 14.0. The minimum atomic E-state index is -4.60. The number of nitrogens with one attached hydrogen (secondary N) is 2. The Balaban J connectivity index is 1.45. The minimum absolute atomic E-state index is 0.106. The zero-order chi connectivity index (χ0) is 28.7. The zero-order valence-corrected chi connectivity index (χ0v) is 22.3. The van der Waals surface area contributed by atoms with Gasteiger partial charge in [-0.2, -0.15) is 13.2 Å². The Hall–Kier alpha value is -4.09. The summed E-state index contributed by atoms with van der Waals surface area (Å²) in [6, 6.07) is 8.57. The van der Waals surface area contributed by atoms with Gasteiger partial charge in [-0.25, -0.2) is 9.97 Å². The number of nitrogens with zero attached hydrogens (tertiary/aromatic N) is 4. The third kappa shape index (κ3) is 7.73. The van der Waals surface area contributed by atoms with Gasteiger partial charge in [0.15, 0.2) is 0 Å². The predicted molar refractivity (Wildman–Crippen MR) is 148 cm³/mol. The smallest absolute Gasteiger partial charge is 0.322 e. The number of benzene rings is 2. The lowest BCUT2D eigenvalue weighted by atomic mass is 10.0. The summed E-state index contributed by atoms with van der Waals surface area (Å²) in [5.74, 6) is -1.09. The summed E-state index contributed by atoms with van der Waals surface area (Å²) in [4.78, 5) is 37.3. The second kappa shape index (κ2) is 12.8. The monoisotopic (exact) mass is 552 g/mol. The van der Waals surface area contributed by atoms with Crippen LogP contribution in [0, 0.1) is 6.92 Å². The van der Waals surface area contributed by atoms with E-state index in [0.29, 0.717) is 30.0 Å². The van der Waals surface area contributed by atoms with E-state index in [1.807, 2.05) is 4.90 Å². The van der Waals surface area contributed by atoms with Crippen LogP contribution >= 0.6 is 0 Å². The number of rotatable bonds is 8. The van der Waals surface area contributed by atoms with E-state index in [2.05, 4.69) is 32.4 Å². The van der Waals surface area contributed by atoms with Crippen molar-refractivity contribution in [2.75, 3.05) is 43.4 Å². The quantitative estimate of drug-likeness (QED) is 0.389. The van der Waals surface area contributed by atoms with Gasteiger partial charge in [0, 0.05) is 73.7 Å². The van der Waals surface area contributed by atoms with Gasteiger partial charge >= 0.3 is 6.18 Å². The summed E-state index contributed by atoms with van der Waals surface area (Å²) in [6.45, 7) is 7.95. The van der Waals surface area contributed by atoms with Crippen LogP contribution in [0.25, 0.3) is 6.08 Å². The molecule has 0 unspecified atom stereocenters. The fourth-order valence-corrected chi connectivity index (χ4v) is 4.40. The van der Waals surface area contributed by atoms with E-state index in [9.17, 15) is 22.8 Å². The van der Waals surface area contributed by atoms with Crippen molar-refractivity contribution in [3.63, 3.8) is 0 Å². The molecule has 1 aromatic heterocycles. The molecule has 1 aliphatic heterocycles. The van der Waals surface area contributed by atoms with Crippen molar-refractivity contribution in [2.24, 2.45) is 0 Å². The van der Waals surface area contributed by atoms with Crippen molar-refractivity contribution in [1.82, 2.24) is 19.8 Å². The summed E-state index contributed by atoms with van der Waals surface area (Å²) < 4.78 is 41.9. The SMILES string of the molecule is CCN1CCN(Cc2ccc(C(=O)Nc3ccc(C)c(NC(=O)C=Cc4cncnc4)c3)cc2C(F)(F)F)CC1. The maximum Gasteiger partial charge on any atom is 0.416 e. The van der Waals surface area contributed by atoms with Gasteiger partial charge in [-0.3, -0.25) is 14.5 Å². The molecule has 1 fully saturated rings. The number of piperazine rings is 1. The topological polar surface area (TPSA) is 90.5 Å². The van der Waals surface area contributed by atoms with Crippen molar-refractivity contribution < 1.29 is 22.8 Å². The lowest BCUT2D eigenvalue weighted by Gasteiger charge is -2.34. The highest BCUT2D eigenvalue weighted by Crippen LogP contribution is 2.34. The first-order chi connectivity index (χ1) is 19.1. The molecule has 8 nitrogen and oxygen atoms in total. The lowest BCUT2D eigenvalue weighted by molar-refractivity contribution is -0.138. The molecule has 210 valence electrons. The number of hydrogen-bond acceptors (Lipinski definition) is 6. The van der Waals surface area contributed by atoms with Crippen LogP contribution in [0.5, 0.6) is 0 Å². The summed E-state index contributed by atoms with van der Waals surface area (Å²) in [5.41, 5.74) is 1.40. The fraction of sp³-hybridized carbons (Fsp3) is 0.310. The number of aryl methyl sites for hydroxylation is 1. The molecule has 0 spiro atoms. The van der Waals surface area contributed by atoms with Gasteiger partial charge in [-0.15, -0.1) is 0 Å². The van der Waals surface area contributed by atoms with E-state index in [4.69, 9.17) is 0 Å². The van der Waals surface area contributed by atoms with Crippen molar-refractivity contribution >= 4 is 29.3 Å². The molecule has 40 heavy (non-hydrogen) atoms. The van der Waals surface area contributed by atoms with Crippen molar-refractivity contribution in [3.05, 3.63) is 89.0 Å². The van der Waals surface area contributed by atoms with Gasteiger partial charge in [0.25, 0.3) is 5.91 Å². The molecule has 0 bridgehead atoms. The number of alkyl halides is 3. The van der Waals surface area contributed by atoms with Gasteiger partial charge < -0.3 is 15.5 Å². The largest absolute Gasteiger partial charge is 0.416 e.